The summed E-state index contributed by atoms with van der Waals surface area (Å²) in [4.78, 5) is 0. The van der Waals surface area contributed by atoms with Crippen molar-refractivity contribution in [2.45, 2.75) is 308 Å². The molecule has 0 aliphatic heterocycles. The highest BCUT2D eigenvalue weighted by Crippen LogP contribution is 2.42. The van der Waals surface area contributed by atoms with Crippen molar-refractivity contribution in [1.82, 2.24) is 0 Å². The van der Waals surface area contributed by atoms with Crippen LogP contribution >= 0.6 is 0 Å². The molecule has 0 radical (unpaired) electrons. The minimum Gasteiger partial charge on any atom is -0.413 e. The van der Waals surface area contributed by atoms with Crippen LogP contribution in [0.2, 0.25) is 173 Å². The molecule has 0 saturated carbocycles. The highest BCUT2D eigenvalue weighted by molar-refractivity contribution is 6.92. The highest BCUT2D eigenvalue weighted by Gasteiger charge is 2.41. The van der Waals surface area contributed by atoms with Gasteiger partial charge in [0.2, 0.25) is 0 Å². The van der Waals surface area contributed by atoms with Gasteiger partial charge in [0, 0.05) is 0 Å². The molecular weight excluding hydrogens is 1180 g/mol. The molecule has 0 bridgehead atoms. The minimum atomic E-state index is -1.82. The van der Waals surface area contributed by atoms with E-state index in [9.17, 15) is 0 Å². The second-order valence-electron chi connectivity index (χ2n) is 35.4. The van der Waals surface area contributed by atoms with Gasteiger partial charge in [-0.2, -0.15) is 0 Å². The summed E-state index contributed by atoms with van der Waals surface area (Å²) in [5, 5.41) is 7.27. The maximum Gasteiger partial charge on any atom is 0.192 e. The van der Waals surface area contributed by atoms with Crippen LogP contribution in [-0.4, -0.2) is 73.6 Å². The Hall–Kier alpha value is -1.33. The molecule has 0 spiro atoms. The molecule has 0 fully saturated rings. The van der Waals surface area contributed by atoms with E-state index in [2.05, 4.69) is 285 Å². The van der Waals surface area contributed by atoms with Gasteiger partial charge in [0.05, 0.1) is 66.8 Å². The van der Waals surface area contributed by atoms with Gasteiger partial charge in [0.15, 0.2) is 33.3 Å². The first-order chi connectivity index (χ1) is 38.6. The molecular formula is C72H132O4Si9. The van der Waals surface area contributed by atoms with Crippen LogP contribution in [0.25, 0.3) is 0 Å². The monoisotopic (exact) mass is 1310 g/mol. The van der Waals surface area contributed by atoms with Crippen molar-refractivity contribution >= 4 is 94.4 Å². The fourth-order valence-electron chi connectivity index (χ4n) is 11.1. The van der Waals surface area contributed by atoms with Gasteiger partial charge < -0.3 is 17.7 Å². The number of rotatable bonds is 32. The quantitative estimate of drug-likeness (QED) is 0.0457. The number of hydrogen-bond donors (Lipinski definition) is 0. The first kappa shape index (κ1) is 76.1. The predicted octanol–water partition coefficient (Wildman–Crippen LogP) is 21.5. The van der Waals surface area contributed by atoms with Gasteiger partial charge in [-0.15, -0.1) is 0 Å². The molecule has 0 heterocycles. The second kappa shape index (κ2) is 29.5. The van der Waals surface area contributed by atoms with E-state index in [1.165, 1.54) is 96.3 Å². The van der Waals surface area contributed by atoms with E-state index in [4.69, 9.17) is 17.7 Å². The van der Waals surface area contributed by atoms with Crippen molar-refractivity contribution in [1.29, 1.82) is 0 Å². The molecule has 4 rings (SSSR count). The summed E-state index contributed by atoms with van der Waals surface area (Å²) < 4.78 is 26.8. The lowest BCUT2D eigenvalue weighted by molar-refractivity contribution is 0.276. The molecule has 0 atom stereocenters. The molecule has 0 unspecified atom stereocenters. The Morgan fingerprint density at radius 2 is 0.388 bits per heavy atom. The van der Waals surface area contributed by atoms with E-state index in [1.54, 1.807) is 20.7 Å². The molecule has 13 heteroatoms. The minimum absolute atomic E-state index is 0.210. The van der Waals surface area contributed by atoms with Gasteiger partial charge in [-0.05, 0) is 94.8 Å². The summed E-state index contributed by atoms with van der Waals surface area (Å²) in [6.07, 6.45) is 5.50. The van der Waals surface area contributed by atoms with E-state index in [-0.39, 0.29) is 20.2 Å². The van der Waals surface area contributed by atoms with Crippen LogP contribution in [0.5, 0.6) is 0 Å². The zero-order valence-corrected chi connectivity index (χ0v) is 69.7. The van der Waals surface area contributed by atoms with Gasteiger partial charge in [-0.3, -0.25) is 0 Å². The lowest BCUT2D eigenvalue weighted by Gasteiger charge is -2.37. The van der Waals surface area contributed by atoms with Gasteiger partial charge in [-0.25, -0.2) is 0 Å². The Kier molecular flexibility index (Phi) is 26.4. The van der Waals surface area contributed by atoms with Gasteiger partial charge in [0.1, 0.15) is 0 Å². The topological polar surface area (TPSA) is 36.9 Å². The van der Waals surface area contributed by atoms with Crippen LogP contribution < -0.4 is 20.7 Å². The van der Waals surface area contributed by atoms with E-state index in [0.717, 1.165) is 26.4 Å². The largest absolute Gasteiger partial charge is 0.413 e. The molecule has 0 amide bonds. The fraction of sp³-hybridized carbons (Fsp3) is 0.667. The molecule has 0 aromatic heterocycles. The second-order valence-corrected chi connectivity index (χ2v) is 79.1. The van der Waals surface area contributed by atoms with Crippen LogP contribution in [0.4, 0.5) is 0 Å². The maximum absolute atomic E-state index is 6.69. The van der Waals surface area contributed by atoms with E-state index in [1.807, 2.05) is 0 Å². The molecule has 0 aliphatic rings. The first-order valence-electron chi connectivity index (χ1n) is 33.5. The lowest BCUT2D eigenvalue weighted by Crippen LogP contribution is -2.44. The highest BCUT2D eigenvalue weighted by atomic mass is 28.4. The van der Waals surface area contributed by atoms with Gasteiger partial charge in [0.25, 0.3) is 0 Å². The van der Waals surface area contributed by atoms with Crippen molar-refractivity contribution < 1.29 is 17.7 Å². The molecule has 480 valence electrons. The average molecular weight is 1310 g/mol. The summed E-state index contributed by atoms with van der Waals surface area (Å²) >= 11 is 0. The zero-order valence-electron chi connectivity index (χ0n) is 60.7. The lowest BCUT2D eigenvalue weighted by atomic mass is 10.2. The third-order valence-electron chi connectivity index (χ3n) is 22.6. The SMILES string of the molecule is CC(C)(C)[Si](C)(C)OCc1ccc([Si](C)(C)CCC[Si](CCC[Si](C)(C)c2ccc(CO[Si](C)(C)C(C)(C)C)cc2)(CCC[Si](C)(C)c2ccc(CO[Si](C)(C)C(C)(C)C)cc2)CCC[Si](C)(C)c2ccc(CO[Si](C)(C)C(C)(C)C)cc2)cc1. The van der Waals surface area contributed by atoms with Gasteiger partial charge >= 0.3 is 0 Å². The third-order valence-corrected chi connectivity index (χ3v) is 60.2. The Morgan fingerprint density at radius 3 is 0.529 bits per heavy atom. The summed E-state index contributed by atoms with van der Waals surface area (Å²) in [5.41, 5.74) is 5.27. The third kappa shape index (κ3) is 22.5. The number of benzene rings is 4. The van der Waals surface area contributed by atoms with Gasteiger partial charge in [-0.1, -0.05) is 327 Å². The van der Waals surface area contributed by atoms with E-state index < -0.39 is 73.6 Å². The predicted molar refractivity (Wildman–Crippen MR) is 405 cm³/mol. The number of hydrogen-bond acceptors (Lipinski definition) is 4. The Balaban J connectivity index is 1.66. The summed E-state index contributed by atoms with van der Waals surface area (Å²) in [6, 6.07) is 50.4. The molecule has 0 aliphatic carbocycles. The molecule has 4 aromatic rings. The van der Waals surface area contributed by atoms with Crippen molar-refractivity contribution in [2.24, 2.45) is 0 Å². The average Bonchev–Trinajstić information content (AvgIpc) is 3.58. The van der Waals surface area contributed by atoms with Crippen LogP contribution in [0.1, 0.15) is 131 Å². The van der Waals surface area contributed by atoms with Crippen LogP contribution in [-0.2, 0) is 44.1 Å². The smallest absolute Gasteiger partial charge is 0.192 e. The van der Waals surface area contributed by atoms with Crippen molar-refractivity contribution in [3.8, 4) is 0 Å². The van der Waals surface area contributed by atoms with Crippen LogP contribution in [0.15, 0.2) is 97.1 Å². The van der Waals surface area contributed by atoms with E-state index >= 15 is 0 Å². The summed E-state index contributed by atoms with van der Waals surface area (Å²) in [6.45, 7) is 71.3. The molecule has 0 N–H and O–H groups in total. The molecule has 85 heavy (non-hydrogen) atoms. The zero-order chi connectivity index (χ0) is 64.6. The molecule has 0 saturated heterocycles. The van der Waals surface area contributed by atoms with Crippen molar-refractivity contribution in [2.75, 3.05) is 0 Å². The van der Waals surface area contributed by atoms with Crippen molar-refractivity contribution in [3.05, 3.63) is 119 Å². The Labute approximate surface area is 535 Å². The fourth-order valence-corrected chi connectivity index (χ4v) is 31.2. The van der Waals surface area contributed by atoms with Crippen LogP contribution in [0.3, 0.4) is 0 Å². The summed E-state index contributed by atoms with van der Waals surface area (Å²) in [5.74, 6) is 0. The molecule has 4 aromatic carbocycles. The first-order valence-corrected chi connectivity index (χ1v) is 60.8. The maximum atomic E-state index is 6.69. The Bertz CT molecular complexity index is 2270. The summed E-state index contributed by atoms with van der Waals surface area (Å²) in [7, 11) is -15.9. The van der Waals surface area contributed by atoms with Crippen molar-refractivity contribution in [3.63, 3.8) is 0 Å². The normalized spacial score (nSPS) is 14.4. The van der Waals surface area contributed by atoms with E-state index in [0.29, 0.717) is 0 Å². The molecule has 4 nitrogen and oxygen atoms in total. The standard InChI is InChI=1S/C72H132O4Si9/c1-69(2,3)81(21,22)73-57-61-33-41-65(42-34-61)77(13,14)49-29-53-85(54-30-50-78(15,16)66-43-35-62(36-44-66)58-74-82(23,24)70(4,5)6,55-31-51-79(17,18)67-45-37-63(38-46-67)59-75-83(25,26)71(7,8)9)56-32-52-80(19,20)68-47-39-64(40-48-68)60-76-84(27,28)72(10,11)12/h33-48H,29-32,49-60H2,1-28H3. The van der Waals surface area contributed by atoms with Crippen LogP contribution in [0, 0.1) is 0 Å². The Morgan fingerprint density at radius 1 is 0.235 bits per heavy atom.